The molecule has 0 unspecified atom stereocenters. The highest BCUT2D eigenvalue weighted by atomic mass is 79.9. The Labute approximate surface area is 93.6 Å². The van der Waals surface area contributed by atoms with Gasteiger partial charge in [-0.25, -0.2) is 13.6 Å². The molecule has 0 saturated carbocycles. The Morgan fingerprint density at radius 2 is 2.20 bits per heavy atom. The summed E-state index contributed by atoms with van der Waals surface area (Å²) >= 11 is 2.93. The molecule has 6 heteroatoms. The third-order valence-corrected chi connectivity index (χ3v) is 2.44. The highest BCUT2D eigenvalue weighted by Crippen LogP contribution is 2.27. The zero-order valence-corrected chi connectivity index (χ0v) is 9.64. The first-order valence-electron chi connectivity index (χ1n) is 4.01. The average Bonchev–Trinajstić information content (AvgIpc) is 2.19. The number of carbonyl (C=O) groups is 1. The van der Waals surface area contributed by atoms with Crippen molar-refractivity contribution in [1.29, 1.82) is 0 Å². The maximum atomic E-state index is 12.4. The standard InChI is InChI=1S/C9H8BrF2NO2/c1-4-5(9(14)15-2)3-6(10)7(13-4)8(11)12/h3,8H,1-2H3. The fraction of sp³-hybridized carbons (Fsp3) is 0.333. The third-order valence-electron chi connectivity index (χ3n) is 1.81. The molecule has 0 aliphatic heterocycles. The Morgan fingerprint density at radius 3 is 2.67 bits per heavy atom. The molecule has 1 heterocycles. The Kier molecular flexibility index (Phi) is 3.73. The van der Waals surface area contributed by atoms with Gasteiger partial charge in [-0.15, -0.1) is 0 Å². The van der Waals surface area contributed by atoms with Crippen LogP contribution in [-0.4, -0.2) is 18.1 Å². The summed E-state index contributed by atoms with van der Waals surface area (Å²) in [6, 6.07) is 1.29. The van der Waals surface area contributed by atoms with Gasteiger partial charge in [0.05, 0.1) is 18.4 Å². The van der Waals surface area contributed by atoms with Crippen LogP contribution in [0.5, 0.6) is 0 Å². The number of nitrogens with zero attached hydrogens (tertiary/aromatic N) is 1. The fourth-order valence-corrected chi connectivity index (χ4v) is 1.56. The normalized spacial score (nSPS) is 10.5. The molecule has 0 radical (unpaired) electrons. The molecule has 0 saturated heterocycles. The zero-order valence-electron chi connectivity index (χ0n) is 8.05. The molecule has 1 aromatic heterocycles. The van der Waals surface area contributed by atoms with Gasteiger partial charge in [-0.2, -0.15) is 0 Å². The maximum absolute atomic E-state index is 12.4. The molecule has 15 heavy (non-hydrogen) atoms. The zero-order chi connectivity index (χ0) is 11.6. The molecule has 82 valence electrons. The Balaban J connectivity index is 3.25. The van der Waals surface area contributed by atoms with Crippen molar-refractivity contribution in [3.05, 3.63) is 27.5 Å². The summed E-state index contributed by atoms with van der Waals surface area (Å²) in [5, 5.41) is 0. The molecule has 0 aliphatic rings. The van der Waals surface area contributed by atoms with Crippen LogP contribution in [0.4, 0.5) is 8.78 Å². The smallest absolute Gasteiger partial charge is 0.339 e. The SMILES string of the molecule is COC(=O)c1cc(Br)c(C(F)F)nc1C. The summed E-state index contributed by atoms with van der Waals surface area (Å²) in [6.07, 6.45) is -2.68. The van der Waals surface area contributed by atoms with Crippen molar-refractivity contribution in [2.24, 2.45) is 0 Å². The molecular formula is C9H8BrF2NO2. The molecule has 0 aliphatic carbocycles. The predicted octanol–water partition coefficient (Wildman–Crippen LogP) is 2.88. The first-order chi connectivity index (χ1) is 6.97. The van der Waals surface area contributed by atoms with Crippen molar-refractivity contribution in [2.75, 3.05) is 7.11 Å². The third kappa shape index (κ3) is 2.50. The van der Waals surface area contributed by atoms with E-state index in [4.69, 9.17) is 0 Å². The summed E-state index contributed by atoms with van der Waals surface area (Å²) < 4.78 is 29.4. The van der Waals surface area contributed by atoms with Gasteiger partial charge in [0.1, 0.15) is 5.69 Å². The molecule has 0 atom stereocenters. The van der Waals surface area contributed by atoms with Gasteiger partial charge in [-0.05, 0) is 28.9 Å². The maximum Gasteiger partial charge on any atom is 0.339 e. The number of aryl methyl sites for hydroxylation is 1. The molecule has 0 aromatic carbocycles. The van der Waals surface area contributed by atoms with Crippen LogP contribution < -0.4 is 0 Å². The predicted molar refractivity (Wildman–Crippen MR) is 53.0 cm³/mol. The van der Waals surface area contributed by atoms with Crippen LogP contribution in [0.2, 0.25) is 0 Å². The van der Waals surface area contributed by atoms with E-state index in [1.165, 1.54) is 20.1 Å². The largest absolute Gasteiger partial charge is 0.465 e. The number of rotatable bonds is 2. The first-order valence-corrected chi connectivity index (χ1v) is 4.80. The summed E-state index contributed by atoms with van der Waals surface area (Å²) in [5.41, 5.74) is 0.0225. The van der Waals surface area contributed by atoms with E-state index in [9.17, 15) is 13.6 Å². The second-order valence-corrected chi connectivity index (χ2v) is 3.64. The number of hydrogen-bond acceptors (Lipinski definition) is 3. The minimum Gasteiger partial charge on any atom is -0.465 e. The lowest BCUT2D eigenvalue weighted by atomic mass is 10.2. The number of esters is 1. The second-order valence-electron chi connectivity index (χ2n) is 2.78. The van der Waals surface area contributed by atoms with Crippen molar-refractivity contribution in [2.45, 2.75) is 13.3 Å². The molecule has 0 bridgehead atoms. The number of hydrogen-bond donors (Lipinski definition) is 0. The monoisotopic (exact) mass is 279 g/mol. The van der Waals surface area contributed by atoms with Gasteiger partial charge in [-0.1, -0.05) is 0 Å². The number of methoxy groups -OCH3 is 1. The summed E-state index contributed by atoms with van der Waals surface area (Å²) in [6.45, 7) is 1.48. The van der Waals surface area contributed by atoms with E-state index in [2.05, 4.69) is 25.7 Å². The number of ether oxygens (including phenoxy) is 1. The molecular weight excluding hydrogens is 272 g/mol. The number of aromatic nitrogens is 1. The Hall–Kier alpha value is -1.04. The Bertz CT molecular complexity index is 396. The van der Waals surface area contributed by atoms with Crippen LogP contribution >= 0.6 is 15.9 Å². The molecule has 0 spiro atoms. The minimum atomic E-state index is -2.68. The van der Waals surface area contributed by atoms with Gasteiger partial charge in [0.15, 0.2) is 0 Å². The van der Waals surface area contributed by atoms with Crippen LogP contribution in [0.3, 0.4) is 0 Å². The van der Waals surface area contributed by atoms with Crippen LogP contribution in [0, 0.1) is 6.92 Å². The van der Waals surface area contributed by atoms with E-state index in [0.29, 0.717) is 0 Å². The molecule has 0 N–H and O–H groups in total. The van der Waals surface area contributed by atoms with E-state index >= 15 is 0 Å². The van der Waals surface area contributed by atoms with Crippen LogP contribution in [-0.2, 0) is 4.74 Å². The van der Waals surface area contributed by atoms with Gasteiger partial charge in [0, 0.05) is 4.47 Å². The molecule has 0 amide bonds. The lowest BCUT2D eigenvalue weighted by Crippen LogP contribution is -2.07. The van der Waals surface area contributed by atoms with E-state index in [0.717, 1.165) is 0 Å². The van der Waals surface area contributed by atoms with Crippen molar-refractivity contribution in [3.63, 3.8) is 0 Å². The highest BCUT2D eigenvalue weighted by Gasteiger charge is 2.19. The quantitative estimate of drug-likeness (QED) is 0.782. The minimum absolute atomic E-state index is 0.100. The van der Waals surface area contributed by atoms with Gasteiger partial charge < -0.3 is 4.74 Å². The Morgan fingerprint density at radius 1 is 1.60 bits per heavy atom. The number of alkyl halides is 2. The second kappa shape index (κ2) is 4.65. The van der Waals surface area contributed by atoms with Gasteiger partial charge in [0.2, 0.25) is 0 Å². The van der Waals surface area contributed by atoms with Gasteiger partial charge in [0.25, 0.3) is 6.43 Å². The molecule has 1 rings (SSSR count). The van der Waals surface area contributed by atoms with Crippen molar-refractivity contribution >= 4 is 21.9 Å². The molecule has 3 nitrogen and oxygen atoms in total. The number of carbonyl (C=O) groups excluding carboxylic acids is 1. The summed E-state index contributed by atoms with van der Waals surface area (Å²) in [5.74, 6) is -0.596. The highest BCUT2D eigenvalue weighted by molar-refractivity contribution is 9.10. The number of pyridine rings is 1. The molecule has 1 aromatic rings. The van der Waals surface area contributed by atoms with E-state index in [-0.39, 0.29) is 21.4 Å². The van der Waals surface area contributed by atoms with Crippen molar-refractivity contribution in [1.82, 2.24) is 4.98 Å². The average molecular weight is 280 g/mol. The van der Waals surface area contributed by atoms with Crippen LogP contribution in [0.25, 0.3) is 0 Å². The summed E-state index contributed by atoms with van der Waals surface area (Å²) in [4.78, 5) is 14.8. The summed E-state index contributed by atoms with van der Waals surface area (Å²) in [7, 11) is 1.22. The molecule has 0 fully saturated rings. The van der Waals surface area contributed by atoms with Crippen LogP contribution in [0.15, 0.2) is 10.5 Å². The van der Waals surface area contributed by atoms with Crippen LogP contribution in [0.1, 0.15) is 28.2 Å². The lowest BCUT2D eigenvalue weighted by Gasteiger charge is -2.07. The van der Waals surface area contributed by atoms with E-state index < -0.39 is 12.4 Å². The van der Waals surface area contributed by atoms with Gasteiger partial charge >= 0.3 is 5.97 Å². The fourth-order valence-electron chi connectivity index (χ4n) is 1.07. The number of halogens is 3. The van der Waals surface area contributed by atoms with Crippen molar-refractivity contribution < 1.29 is 18.3 Å². The topological polar surface area (TPSA) is 39.2 Å². The van der Waals surface area contributed by atoms with Crippen molar-refractivity contribution in [3.8, 4) is 0 Å². The van der Waals surface area contributed by atoms with E-state index in [1.54, 1.807) is 0 Å². The van der Waals surface area contributed by atoms with E-state index in [1.807, 2.05) is 0 Å². The van der Waals surface area contributed by atoms with Gasteiger partial charge in [-0.3, -0.25) is 4.98 Å². The first kappa shape index (κ1) is 12.0. The lowest BCUT2D eigenvalue weighted by molar-refractivity contribution is 0.0598.